The quantitative estimate of drug-likeness (QED) is 0.333. The Balaban J connectivity index is 1.51. The van der Waals surface area contributed by atoms with Crippen molar-refractivity contribution in [3.8, 4) is 5.75 Å². The number of rotatable bonds is 2. The van der Waals surface area contributed by atoms with Crippen LogP contribution in [0.4, 0.5) is 0 Å². The summed E-state index contributed by atoms with van der Waals surface area (Å²) in [6, 6.07) is 18.1. The zero-order valence-electron chi connectivity index (χ0n) is 13.6. The van der Waals surface area contributed by atoms with E-state index in [0.29, 0.717) is 12.2 Å². The number of carbonyl (C=O) groups excluding carboxylic acids is 1. The van der Waals surface area contributed by atoms with Crippen molar-refractivity contribution in [2.75, 3.05) is 0 Å². The fourth-order valence-electron chi connectivity index (χ4n) is 4.29. The predicted octanol–water partition coefficient (Wildman–Crippen LogP) is 4.08. The molecule has 1 N–H and O–H groups in total. The second-order valence-electron chi connectivity index (χ2n) is 7.06. The molecule has 3 nitrogen and oxygen atoms in total. The second kappa shape index (κ2) is 5.43. The molecule has 5 rings (SSSR count). The molecule has 0 radical (unpaired) electrons. The Hall–Kier alpha value is -2.65. The van der Waals surface area contributed by atoms with E-state index in [-0.39, 0.29) is 23.7 Å². The lowest BCUT2D eigenvalue weighted by Gasteiger charge is -2.17. The lowest BCUT2D eigenvalue weighted by Crippen LogP contribution is -2.26. The Morgan fingerprint density at radius 1 is 0.960 bits per heavy atom. The molecule has 4 unspecified atom stereocenters. The highest BCUT2D eigenvalue weighted by Gasteiger charge is 2.47. The van der Waals surface area contributed by atoms with Crippen LogP contribution in [-0.4, -0.2) is 17.2 Å². The number of carbonyl (C=O) groups is 1. The molecule has 0 aliphatic heterocycles. The van der Waals surface area contributed by atoms with Crippen LogP contribution in [0.15, 0.2) is 66.7 Å². The van der Waals surface area contributed by atoms with Gasteiger partial charge in [-0.25, -0.2) is 0 Å². The smallest absolute Gasteiger partial charge is 0.315 e. The molecule has 0 amide bonds. The summed E-state index contributed by atoms with van der Waals surface area (Å²) in [5.74, 6) is 0.0964. The van der Waals surface area contributed by atoms with Gasteiger partial charge in [0.2, 0.25) is 0 Å². The van der Waals surface area contributed by atoms with Gasteiger partial charge in [-0.05, 0) is 40.8 Å². The van der Waals surface area contributed by atoms with Crippen LogP contribution in [-0.2, 0) is 4.79 Å². The molecule has 2 aliphatic rings. The number of esters is 1. The van der Waals surface area contributed by atoms with Crippen LogP contribution in [0.3, 0.4) is 0 Å². The first-order valence-corrected chi connectivity index (χ1v) is 8.70. The molecular weight excluding hydrogens is 312 g/mol. The molecule has 0 heterocycles. The molecule has 0 spiro atoms. The first kappa shape index (κ1) is 14.7. The highest BCUT2D eigenvalue weighted by molar-refractivity contribution is 6.01. The predicted molar refractivity (Wildman–Crippen MR) is 97.3 cm³/mol. The average molecular weight is 330 g/mol. The van der Waals surface area contributed by atoms with Crippen molar-refractivity contribution in [3.05, 3.63) is 66.7 Å². The highest BCUT2D eigenvalue weighted by Crippen LogP contribution is 2.44. The fourth-order valence-corrected chi connectivity index (χ4v) is 4.29. The van der Waals surface area contributed by atoms with E-state index in [9.17, 15) is 9.90 Å². The van der Waals surface area contributed by atoms with Crippen LogP contribution < -0.4 is 4.74 Å². The molecular formula is C22H18O3. The normalized spacial score (nSPS) is 27.2. The maximum absolute atomic E-state index is 12.7. The molecule has 0 aromatic heterocycles. The summed E-state index contributed by atoms with van der Waals surface area (Å²) < 4.78 is 5.78. The van der Waals surface area contributed by atoms with E-state index in [0.717, 1.165) is 16.2 Å². The number of ether oxygens (including phenoxy) is 1. The summed E-state index contributed by atoms with van der Waals surface area (Å²) in [7, 11) is 0. The minimum absolute atomic E-state index is 0.0963. The van der Waals surface area contributed by atoms with Crippen LogP contribution in [0.5, 0.6) is 5.75 Å². The maximum atomic E-state index is 12.7. The summed E-state index contributed by atoms with van der Waals surface area (Å²) in [4.78, 5) is 12.7. The van der Waals surface area contributed by atoms with E-state index in [1.165, 1.54) is 5.39 Å². The number of hydrogen-bond acceptors (Lipinski definition) is 3. The number of hydrogen-bond donors (Lipinski definition) is 1. The maximum Gasteiger partial charge on any atom is 0.315 e. The SMILES string of the molecule is O=C(Oc1cccc2cc3ccccc3cc12)C1CC2C=CC1C2O. The van der Waals surface area contributed by atoms with Crippen molar-refractivity contribution < 1.29 is 14.6 Å². The van der Waals surface area contributed by atoms with Crippen LogP contribution in [0.25, 0.3) is 21.5 Å². The standard InChI is InChI=1S/C22H18O3/c23-21-16-8-9-17(21)19(12-16)22(24)25-20-7-3-6-15-10-13-4-1-2-5-14(13)11-18(15)20/h1-11,16-17,19,21,23H,12H2. The molecule has 3 aromatic carbocycles. The Morgan fingerprint density at radius 3 is 2.44 bits per heavy atom. The van der Waals surface area contributed by atoms with Gasteiger partial charge in [-0.2, -0.15) is 0 Å². The zero-order chi connectivity index (χ0) is 17.0. The topological polar surface area (TPSA) is 46.5 Å². The van der Waals surface area contributed by atoms with Crippen molar-refractivity contribution in [1.82, 2.24) is 0 Å². The minimum Gasteiger partial charge on any atom is -0.426 e. The number of aliphatic hydroxyl groups is 1. The van der Waals surface area contributed by atoms with Gasteiger partial charge in [-0.1, -0.05) is 48.6 Å². The van der Waals surface area contributed by atoms with Gasteiger partial charge in [0.05, 0.1) is 12.0 Å². The van der Waals surface area contributed by atoms with Crippen molar-refractivity contribution in [1.29, 1.82) is 0 Å². The monoisotopic (exact) mass is 330 g/mol. The van der Waals surface area contributed by atoms with E-state index in [4.69, 9.17) is 4.74 Å². The zero-order valence-corrected chi connectivity index (χ0v) is 13.6. The van der Waals surface area contributed by atoms with E-state index < -0.39 is 6.10 Å². The summed E-state index contributed by atoms with van der Waals surface area (Å²) in [5, 5.41) is 14.4. The van der Waals surface area contributed by atoms with Gasteiger partial charge in [0.25, 0.3) is 0 Å². The van der Waals surface area contributed by atoms with Gasteiger partial charge in [0.1, 0.15) is 5.75 Å². The lowest BCUT2D eigenvalue weighted by atomic mass is 9.93. The first-order valence-electron chi connectivity index (χ1n) is 8.70. The third kappa shape index (κ3) is 2.27. The summed E-state index contributed by atoms with van der Waals surface area (Å²) in [6.45, 7) is 0. The Morgan fingerprint density at radius 2 is 1.72 bits per heavy atom. The van der Waals surface area contributed by atoms with Crippen LogP contribution >= 0.6 is 0 Å². The van der Waals surface area contributed by atoms with E-state index in [1.807, 2.05) is 42.5 Å². The van der Waals surface area contributed by atoms with Crippen molar-refractivity contribution in [3.63, 3.8) is 0 Å². The minimum atomic E-state index is -0.436. The van der Waals surface area contributed by atoms with E-state index >= 15 is 0 Å². The van der Waals surface area contributed by atoms with Crippen molar-refractivity contribution >= 4 is 27.5 Å². The molecule has 2 aliphatic carbocycles. The van der Waals surface area contributed by atoms with Gasteiger partial charge in [0.15, 0.2) is 0 Å². The summed E-state index contributed by atoms with van der Waals surface area (Å²) in [6.07, 6.45) is 4.22. The average Bonchev–Trinajstić information content (AvgIpc) is 3.15. The fraction of sp³-hybridized carbons (Fsp3) is 0.227. The molecule has 25 heavy (non-hydrogen) atoms. The molecule has 1 saturated carbocycles. The van der Waals surface area contributed by atoms with Gasteiger partial charge in [-0.15, -0.1) is 0 Å². The molecule has 0 saturated heterocycles. The lowest BCUT2D eigenvalue weighted by molar-refractivity contribution is -0.140. The Bertz CT molecular complexity index is 1020. The Labute approximate surface area is 145 Å². The second-order valence-corrected chi connectivity index (χ2v) is 7.06. The van der Waals surface area contributed by atoms with Crippen LogP contribution in [0.1, 0.15) is 6.42 Å². The molecule has 4 atom stereocenters. The number of benzene rings is 3. The van der Waals surface area contributed by atoms with Crippen molar-refractivity contribution in [2.45, 2.75) is 12.5 Å². The Kier molecular flexibility index (Phi) is 3.19. The van der Waals surface area contributed by atoms with Gasteiger partial charge < -0.3 is 9.84 Å². The third-order valence-corrected chi connectivity index (χ3v) is 5.62. The first-order chi connectivity index (χ1) is 12.2. The largest absolute Gasteiger partial charge is 0.426 e. The number of fused-ring (bicyclic) bond motifs is 4. The van der Waals surface area contributed by atoms with Gasteiger partial charge >= 0.3 is 5.97 Å². The summed E-state index contributed by atoms with van der Waals surface area (Å²) in [5.41, 5.74) is 0. The number of aliphatic hydroxyl groups excluding tert-OH is 1. The molecule has 2 bridgehead atoms. The molecule has 124 valence electrons. The van der Waals surface area contributed by atoms with Gasteiger partial charge in [0, 0.05) is 17.2 Å². The van der Waals surface area contributed by atoms with E-state index in [1.54, 1.807) is 0 Å². The third-order valence-electron chi connectivity index (χ3n) is 5.62. The molecule has 3 heteroatoms. The molecule has 3 aromatic rings. The van der Waals surface area contributed by atoms with Crippen molar-refractivity contribution in [2.24, 2.45) is 17.8 Å². The molecule has 1 fully saturated rings. The highest BCUT2D eigenvalue weighted by atomic mass is 16.5. The van der Waals surface area contributed by atoms with Crippen LogP contribution in [0.2, 0.25) is 0 Å². The van der Waals surface area contributed by atoms with Crippen LogP contribution in [0, 0.1) is 17.8 Å². The van der Waals surface area contributed by atoms with E-state index in [2.05, 4.69) is 24.3 Å². The summed E-state index contributed by atoms with van der Waals surface area (Å²) >= 11 is 0. The van der Waals surface area contributed by atoms with Gasteiger partial charge in [-0.3, -0.25) is 4.79 Å².